The Balaban J connectivity index is 1.33. The molecule has 0 unspecified atom stereocenters. The van der Waals surface area contributed by atoms with Crippen molar-refractivity contribution in [3.63, 3.8) is 0 Å². The molecule has 36 heavy (non-hydrogen) atoms. The second-order valence-corrected chi connectivity index (χ2v) is 8.75. The Morgan fingerprint density at radius 3 is 2.69 bits per heavy atom. The van der Waals surface area contributed by atoms with Crippen molar-refractivity contribution in [2.75, 3.05) is 0 Å². The smallest absolute Gasteiger partial charge is 0.270 e. The minimum absolute atomic E-state index is 0.0527. The van der Waals surface area contributed by atoms with Crippen molar-refractivity contribution in [2.24, 2.45) is 0 Å². The summed E-state index contributed by atoms with van der Waals surface area (Å²) in [7, 11) is 0. The first-order chi connectivity index (χ1) is 17.4. The van der Waals surface area contributed by atoms with E-state index in [1.165, 1.54) is 18.5 Å². The Kier molecular flexibility index (Phi) is 6.13. The molecule has 2 aliphatic rings. The summed E-state index contributed by atoms with van der Waals surface area (Å²) in [5, 5.41) is 15.1. The number of carbonyl (C=O) groups is 2. The van der Waals surface area contributed by atoms with E-state index in [9.17, 15) is 19.2 Å². The summed E-state index contributed by atoms with van der Waals surface area (Å²) in [6, 6.07) is 13.3. The molecule has 0 saturated carbocycles. The van der Waals surface area contributed by atoms with E-state index in [1.807, 2.05) is 18.2 Å². The number of aromatic nitrogens is 2. The van der Waals surface area contributed by atoms with Gasteiger partial charge in [-0.25, -0.2) is 14.4 Å². The number of rotatable bonds is 5. The maximum atomic E-state index is 13.5. The van der Waals surface area contributed by atoms with E-state index in [0.717, 1.165) is 40.7 Å². The Labute approximate surface area is 207 Å². The lowest BCUT2D eigenvalue weighted by atomic mass is 9.96. The summed E-state index contributed by atoms with van der Waals surface area (Å²) in [6.45, 7) is 1.85. The molecule has 1 aromatic heterocycles. The van der Waals surface area contributed by atoms with Gasteiger partial charge in [-0.1, -0.05) is 30.4 Å². The molecule has 178 valence electrons. The van der Waals surface area contributed by atoms with Gasteiger partial charge in [0.15, 0.2) is 0 Å². The number of nitrogens with one attached hydrogen (secondary N) is 2. The van der Waals surface area contributed by atoms with Crippen molar-refractivity contribution < 1.29 is 14.0 Å². The molecule has 3 aromatic rings. The Morgan fingerprint density at radius 2 is 1.92 bits per heavy atom. The highest BCUT2D eigenvalue weighted by Crippen LogP contribution is 2.45. The molecule has 0 fully saturated rings. The lowest BCUT2D eigenvalue weighted by Gasteiger charge is -2.18. The average molecular weight is 480 g/mol. The highest BCUT2D eigenvalue weighted by atomic mass is 19.1. The van der Waals surface area contributed by atoms with Gasteiger partial charge in [-0.05, 0) is 71.4 Å². The molecule has 0 spiro atoms. The number of benzene rings is 2. The molecule has 2 N–H and O–H groups in total. The quantitative estimate of drug-likeness (QED) is 0.567. The van der Waals surface area contributed by atoms with E-state index in [1.54, 1.807) is 25.1 Å². The molecular formula is C28H22FN5O2. The van der Waals surface area contributed by atoms with Crippen LogP contribution < -0.4 is 10.6 Å². The van der Waals surface area contributed by atoms with Crippen molar-refractivity contribution in [1.82, 2.24) is 20.6 Å². The van der Waals surface area contributed by atoms with Gasteiger partial charge < -0.3 is 10.6 Å². The van der Waals surface area contributed by atoms with E-state index < -0.39 is 11.8 Å². The standard InChI is InChI=1S/C28H22FN5O2/c1-16-10-18(7-9-23(16)29)14-31-27(35)24-12-25(33-15-32-24)28(36)34-26-20-5-3-2-4-19(20)22-11-17(13-30)6-8-21(22)26/h3,5-12,15,26H,2,4,14H2,1H3,(H,31,35)(H,34,36)/t26-/m1/s1. The normalized spacial score (nSPS) is 15.6. The summed E-state index contributed by atoms with van der Waals surface area (Å²) in [6.07, 6.45) is 7.01. The molecule has 0 bridgehead atoms. The van der Waals surface area contributed by atoms with Crippen molar-refractivity contribution in [2.45, 2.75) is 32.4 Å². The van der Waals surface area contributed by atoms with Crippen LogP contribution in [0, 0.1) is 24.1 Å². The zero-order valence-electron chi connectivity index (χ0n) is 19.5. The van der Waals surface area contributed by atoms with Gasteiger partial charge in [0.2, 0.25) is 0 Å². The van der Waals surface area contributed by atoms with Crippen LogP contribution in [0.25, 0.3) is 5.57 Å². The molecule has 8 heteroatoms. The molecule has 7 nitrogen and oxygen atoms in total. The number of nitrogens with zero attached hydrogens (tertiary/aromatic N) is 3. The highest BCUT2D eigenvalue weighted by molar-refractivity contribution is 5.98. The van der Waals surface area contributed by atoms with Crippen LogP contribution in [-0.4, -0.2) is 21.8 Å². The van der Waals surface area contributed by atoms with Crippen LogP contribution in [0.15, 0.2) is 66.5 Å². The molecule has 1 atom stereocenters. The number of nitriles is 1. The summed E-state index contributed by atoms with van der Waals surface area (Å²) in [5.74, 6) is -1.21. The Morgan fingerprint density at radius 1 is 1.11 bits per heavy atom. The SMILES string of the molecule is Cc1cc(CNC(=O)c2cc(C(=O)N[C@@H]3C4=C(CCC=C4)c4cc(C#N)ccc43)ncn2)ccc1F. The van der Waals surface area contributed by atoms with E-state index >= 15 is 0 Å². The predicted octanol–water partition coefficient (Wildman–Crippen LogP) is 4.31. The average Bonchev–Trinajstić information content (AvgIpc) is 3.22. The van der Waals surface area contributed by atoms with Crippen LogP contribution in [-0.2, 0) is 6.54 Å². The largest absolute Gasteiger partial charge is 0.347 e. The molecule has 2 aromatic carbocycles. The van der Waals surface area contributed by atoms with E-state index in [0.29, 0.717) is 11.1 Å². The number of hydrogen-bond donors (Lipinski definition) is 2. The zero-order valence-corrected chi connectivity index (χ0v) is 19.5. The fraction of sp³-hybridized carbons (Fsp3) is 0.179. The van der Waals surface area contributed by atoms with E-state index in [2.05, 4.69) is 32.7 Å². The van der Waals surface area contributed by atoms with E-state index in [-0.39, 0.29) is 29.8 Å². The third-order valence-electron chi connectivity index (χ3n) is 6.42. The van der Waals surface area contributed by atoms with E-state index in [4.69, 9.17) is 0 Å². The summed E-state index contributed by atoms with van der Waals surface area (Å²) < 4.78 is 13.5. The topological polar surface area (TPSA) is 108 Å². The van der Waals surface area contributed by atoms with Gasteiger partial charge >= 0.3 is 0 Å². The van der Waals surface area contributed by atoms with Gasteiger partial charge in [-0.3, -0.25) is 9.59 Å². The Hall–Kier alpha value is -4.64. The van der Waals surface area contributed by atoms with Crippen molar-refractivity contribution >= 4 is 17.4 Å². The highest BCUT2D eigenvalue weighted by Gasteiger charge is 2.32. The number of halogens is 1. The molecule has 5 rings (SSSR count). The number of allylic oxidation sites excluding steroid dienone is 2. The van der Waals surface area contributed by atoms with Crippen LogP contribution in [0.4, 0.5) is 4.39 Å². The monoisotopic (exact) mass is 479 g/mol. The number of carbonyl (C=O) groups excluding carboxylic acids is 2. The molecular weight excluding hydrogens is 457 g/mol. The molecule has 2 amide bonds. The minimum Gasteiger partial charge on any atom is -0.347 e. The fourth-order valence-corrected chi connectivity index (χ4v) is 4.61. The molecule has 2 aliphatic carbocycles. The molecule has 0 saturated heterocycles. The summed E-state index contributed by atoms with van der Waals surface area (Å²) >= 11 is 0. The molecule has 0 radical (unpaired) electrons. The van der Waals surface area contributed by atoms with Crippen molar-refractivity contribution in [3.05, 3.63) is 112 Å². The first-order valence-corrected chi connectivity index (χ1v) is 11.5. The van der Waals surface area contributed by atoms with Crippen molar-refractivity contribution in [1.29, 1.82) is 5.26 Å². The zero-order chi connectivity index (χ0) is 25.2. The number of fused-ring (bicyclic) bond motifs is 2. The third-order valence-corrected chi connectivity index (χ3v) is 6.42. The maximum Gasteiger partial charge on any atom is 0.270 e. The number of hydrogen-bond acceptors (Lipinski definition) is 5. The van der Waals surface area contributed by atoms with Crippen LogP contribution in [0.5, 0.6) is 0 Å². The van der Waals surface area contributed by atoms with Gasteiger partial charge in [0.05, 0.1) is 17.7 Å². The van der Waals surface area contributed by atoms with Crippen LogP contribution in [0.3, 0.4) is 0 Å². The minimum atomic E-state index is -0.469. The molecule has 1 heterocycles. The predicted molar refractivity (Wildman–Crippen MR) is 131 cm³/mol. The number of aryl methyl sites for hydroxylation is 1. The van der Waals surface area contributed by atoms with Crippen LogP contribution >= 0.6 is 0 Å². The first kappa shape index (κ1) is 23.1. The van der Waals surface area contributed by atoms with Gasteiger partial charge in [0, 0.05) is 12.6 Å². The second kappa shape index (κ2) is 9.55. The van der Waals surface area contributed by atoms with Gasteiger partial charge in [0.1, 0.15) is 23.5 Å². The van der Waals surface area contributed by atoms with Gasteiger partial charge in [-0.2, -0.15) is 5.26 Å². The maximum absolute atomic E-state index is 13.5. The molecule has 0 aliphatic heterocycles. The second-order valence-electron chi connectivity index (χ2n) is 8.75. The van der Waals surface area contributed by atoms with Crippen LogP contribution in [0.2, 0.25) is 0 Å². The third kappa shape index (κ3) is 4.39. The summed E-state index contributed by atoms with van der Waals surface area (Å²) in [4.78, 5) is 33.9. The lowest BCUT2D eigenvalue weighted by Crippen LogP contribution is -2.30. The Bertz CT molecular complexity index is 1500. The summed E-state index contributed by atoms with van der Waals surface area (Å²) in [5.41, 5.74) is 5.98. The van der Waals surface area contributed by atoms with Crippen LogP contribution in [0.1, 0.15) is 67.7 Å². The van der Waals surface area contributed by atoms with Crippen molar-refractivity contribution in [3.8, 4) is 6.07 Å². The fourth-order valence-electron chi connectivity index (χ4n) is 4.61. The van der Waals surface area contributed by atoms with Gasteiger partial charge in [-0.15, -0.1) is 0 Å². The number of amides is 2. The van der Waals surface area contributed by atoms with Gasteiger partial charge in [0.25, 0.3) is 11.8 Å². The first-order valence-electron chi connectivity index (χ1n) is 11.5. The lowest BCUT2D eigenvalue weighted by molar-refractivity contribution is 0.0938.